The molecule has 1 unspecified atom stereocenters. The van der Waals surface area contributed by atoms with E-state index in [2.05, 4.69) is 37.2 Å². The lowest BCUT2D eigenvalue weighted by Gasteiger charge is -2.29. The van der Waals surface area contributed by atoms with E-state index in [9.17, 15) is 0 Å². The van der Waals surface area contributed by atoms with E-state index in [4.69, 9.17) is 4.98 Å². The third-order valence-electron chi connectivity index (χ3n) is 4.82. The van der Waals surface area contributed by atoms with Crippen molar-refractivity contribution in [3.8, 4) is 0 Å². The molecule has 1 aliphatic carbocycles. The van der Waals surface area contributed by atoms with E-state index < -0.39 is 0 Å². The van der Waals surface area contributed by atoms with Gasteiger partial charge in [0.25, 0.3) is 0 Å². The minimum absolute atomic E-state index is 0.171. The predicted molar refractivity (Wildman–Crippen MR) is 91.0 cm³/mol. The number of hydrogen-bond acceptors (Lipinski definition) is 4. The minimum atomic E-state index is 0.171. The molecule has 0 spiro atoms. The second-order valence-corrected chi connectivity index (χ2v) is 8.75. The Kier molecular flexibility index (Phi) is 4.55. The summed E-state index contributed by atoms with van der Waals surface area (Å²) in [5.74, 6) is 0.924. The van der Waals surface area contributed by atoms with Gasteiger partial charge in [0.15, 0.2) is 5.13 Å². The number of thiazole rings is 1. The lowest BCUT2D eigenvalue weighted by Crippen LogP contribution is -2.35. The van der Waals surface area contributed by atoms with Crippen LogP contribution in [0, 0.1) is 5.92 Å². The Morgan fingerprint density at radius 3 is 2.71 bits per heavy atom. The van der Waals surface area contributed by atoms with E-state index in [1.165, 1.54) is 55.1 Å². The summed E-state index contributed by atoms with van der Waals surface area (Å²) in [6, 6.07) is 0.766. The molecule has 4 heteroatoms. The van der Waals surface area contributed by atoms with Crippen molar-refractivity contribution in [1.29, 1.82) is 0 Å². The number of hydrogen-bond donors (Lipinski definition) is 1. The Hall–Kier alpha value is -0.610. The van der Waals surface area contributed by atoms with Crippen LogP contribution in [0.4, 0.5) is 5.13 Å². The summed E-state index contributed by atoms with van der Waals surface area (Å²) in [7, 11) is 0. The van der Waals surface area contributed by atoms with E-state index in [0.717, 1.165) is 18.5 Å². The molecule has 3 nitrogen and oxygen atoms in total. The van der Waals surface area contributed by atoms with Crippen molar-refractivity contribution in [2.45, 2.75) is 77.4 Å². The van der Waals surface area contributed by atoms with Gasteiger partial charge >= 0.3 is 0 Å². The first-order valence-corrected chi connectivity index (χ1v) is 9.31. The summed E-state index contributed by atoms with van der Waals surface area (Å²) in [5.41, 5.74) is 0.171. The van der Waals surface area contributed by atoms with Crippen LogP contribution in [0.5, 0.6) is 0 Å². The molecule has 2 fully saturated rings. The zero-order valence-electron chi connectivity index (χ0n) is 13.7. The molecule has 0 amide bonds. The molecule has 1 N–H and O–H groups in total. The van der Waals surface area contributed by atoms with Crippen molar-refractivity contribution in [3.05, 3.63) is 11.1 Å². The smallest absolute Gasteiger partial charge is 0.185 e. The predicted octanol–water partition coefficient (Wildman–Crippen LogP) is 4.19. The highest BCUT2D eigenvalue weighted by molar-refractivity contribution is 7.15. The number of nitrogens with one attached hydrogen (secondary N) is 1. The standard InChI is InChI=1S/C17H29N3S/c1-17(2,3)19-12-14-11-18-16(21-14)20-10-6-9-15(20)13-7-4-5-8-13/h11,13,15,19H,4-10,12H2,1-3H3. The molecule has 1 saturated heterocycles. The van der Waals surface area contributed by atoms with E-state index in [-0.39, 0.29) is 5.54 Å². The quantitative estimate of drug-likeness (QED) is 0.904. The maximum Gasteiger partial charge on any atom is 0.185 e. The van der Waals surface area contributed by atoms with Gasteiger partial charge in [0.2, 0.25) is 0 Å². The average molecular weight is 308 g/mol. The van der Waals surface area contributed by atoms with Gasteiger partial charge in [-0.3, -0.25) is 0 Å². The van der Waals surface area contributed by atoms with Crippen molar-refractivity contribution >= 4 is 16.5 Å². The van der Waals surface area contributed by atoms with Crippen LogP contribution in [0.2, 0.25) is 0 Å². The molecule has 2 aliphatic rings. The molecule has 1 aliphatic heterocycles. The number of aromatic nitrogens is 1. The molecule has 1 aromatic rings. The van der Waals surface area contributed by atoms with Gasteiger partial charge in [0, 0.05) is 35.7 Å². The fourth-order valence-corrected chi connectivity index (χ4v) is 4.66. The first kappa shape index (κ1) is 15.3. The van der Waals surface area contributed by atoms with Crippen molar-refractivity contribution in [2.24, 2.45) is 5.92 Å². The van der Waals surface area contributed by atoms with Crippen molar-refractivity contribution in [2.75, 3.05) is 11.4 Å². The SMILES string of the molecule is CC(C)(C)NCc1cnc(N2CCCC2C2CCCC2)s1. The Morgan fingerprint density at radius 1 is 1.24 bits per heavy atom. The summed E-state index contributed by atoms with van der Waals surface area (Å²) < 4.78 is 0. The topological polar surface area (TPSA) is 28.2 Å². The second kappa shape index (κ2) is 6.25. The molecule has 21 heavy (non-hydrogen) atoms. The van der Waals surface area contributed by atoms with E-state index in [0.29, 0.717) is 0 Å². The van der Waals surface area contributed by atoms with E-state index >= 15 is 0 Å². The van der Waals surface area contributed by atoms with Crippen LogP contribution in [-0.4, -0.2) is 23.1 Å². The molecule has 0 bridgehead atoms. The van der Waals surface area contributed by atoms with E-state index in [1.807, 2.05) is 11.3 Å². The Bertz CT molecular complexity index is 457. The molecule has 1 aromatic heterocycles. The summed E-state index contributed by atoms with van der Waals surface area (Å²) >= 11 is 1.89. The third kappa shape index (κ3) is 3.78. The first-order valence-electron chi connectivity index (χ1n) is 8.49. The van der Waals surface area contributed by atoms with Gasteiger partial charge in [-0.05, 0) is 52.4 Å². The maximum atomic E-state index is 4.72. The van der Waals surface area contributed by atoms with Gasteiger partial charge < -0.3 is 10.2 Å². The molecule has 0 radical (unpaired) electrons. The summed E-state index contributed by atoms with van der Waals surface area (Å²) in [5, 5.41) is 4.82. The Labute approximate surface area is 133 Å². The molecular weight excluding hydrogens is 278 g/mol. The lowest BCUT2D eigenvalue weighted by molar-refractivity contribution is 0.426. The Morgan fingerprint density at radius 2 is 2.00 bits per heavy atom. The number of rotatable bonds is 4. The van der Waals surface area contributed by atoms with Crippen LogP contribution >= 0.6 is 11.3 Å². The summed E-state index contributed by atoms with van der Waals surface area (Å²) in [6.45, 7) is 8.78. The fourth-order valence-electron chi connectivity index (χ4n) is 3.73. The molecule has 118 valence electrons. The molecule has 3 rings (SSSR count). The van der Waals surface area contributed by atoms with Gasteiger partial charge in [0.05, 0.1) is 0 Å². The van der Waals surface area contributed by atoms with Crippen LogP contribution in [0.1, 0.15) is 64.2 Å². The number of nitrogens with zero attached hydrogens (tertiary/aromatic N) is 2. The zero-order valence-corrected chi connectivity index (χ0v) is 14.5. The first-order chi connectivity index (χ1) is 10.0. The molecule has 1 atom stereocenters. The highest BCUT2D eigenvalue weighted by Gasteiger charge is 2.34. The fraction of sp³-hybridized carbons (Fsp3) is 0.824. The monoisotopic (exact) mass is 307 g/mol. The van der Waals surface area contributed by atoms with Crippen LogP contribution in [0.3, 0.4) is 0 Å². The summed E-state index contributed by atoms with van der Waals surface area (Å²) in [6.07, 6.45) is 10.5. The highest BCUT2D eigenvalue weighted by Crippen LogP contribution is 2.38. The van der Waals surface area contributed by atoms with Gasteiger partial charge in [-0.25, -0.2) is 4.98 Å². The van der Waals surface area contributed by atoms with Crippen molar-refractivity contribution in [3.63, 3.8) is 0 Å². The normalized spacial score (nSPS) is 24.1. The van der Waals surface area contributed by atoms with Gasteiger partial charge in [-0.15, -0.1) is 11.3 Å². The maximum absolute atomic E-state index is 4.72. The van der Waals surface area contributed by atoms with Crippen LogP contribution in [-0.2, 0) is 6.54 Å². The second-order valence-electron chi connectivity index (χ2n) is 7.66. The highest BCUT2D eigenvalue weighted by atomic mass is 32.1. The molecular formula is C17H29N3S. The minimum Gasteiger partial charge on any atom is -0.345 e. The third-order valence-corrected chi connectivity index (χ3v) is 5.86. The van der Waals surface area contributed by atoms with E-state index in [1.54, 1.807) is 0 Å². The Balaban J connectivity index is 1.64. The molecule has 0 aromatic carbocycles. The van der Waals surface area contributed by atoms with Gasteiger partial charge in [-0.1, -0.05) is 12.8 Å². The zero-order chi connectivity index (χ0) is 14.9. The van der Waals surface area contributed by atoms with Gasteiger partial charge in [-0.2, -0.15) is 0 Å². The largest absolute Gasteiger partial charge is 0.345 e. The average Bonchev–Trinajstić information content (AvgIpc) is 3.15. The van der Waals surface area contributed by atoms with Crippen LogP contribution < -0.4 is 10.2 Å². The van der Waals surface area contributed by atoms with Crippen molar-refractivity contribution in [1.82, 2.24) is 10.3 Å². The molecule has 2 heterocycles. The van der Waals surface area contributed by atoms with Crippen LogP contribution in [0.15, 0.2) is 6.20 Å². The number of anilines is 1. The van der Waals surface area contributed by atoms with Gasteiger partial charge in [0.1, 0.15) is 0 Å². The summed E-state index contributed by atoms with van der Waals surface area (Å²) in [4.78, 5) is 8.70. The molecule has 1 saturated carbocycles. The van der Waals surface area contributed by atoms with Crippen LogP contribution in [0.25, 0.3) is 0 Å². The lowest BCUT2D eigenvalue weighted by atomic mass is 9.96. The van der Waals surface area contributed by atoms with Crippen molar-refractivity contribution < 1.29 is 0 Å².